The molecule has 0 saturated carbocycles. The molecular weight excluding hydrogens is 348 g/mol. The van der Waals surface area contributed by atoms with E-state index in [1.807, 2.05) is 39.8 Å². The molecule has 0 unspecified atom stereocenters. The molecule has 2 amide bonds. The van der Waals surface area contributed by atoms with Crippen molar-refractivity contribution in [1.82, 2.24) is 14.3 Å². The number of benzene rings is 2. The van der Waals surface area contributed by atoms with E-state index in [9.17, 15) is 4.79 Å². The Hall–Kier alpha value is -3.60. The van der Waals surface area contributed by atoms with Crippen LogP contribution in [-0.4, -0.2) is 26.9 Å². The summed E-state index contributed by atoms with van der Waals surface area (Å²) in [6.45, 7) is 1.32. The van der Waals surface area contributed by atoms with Crippen molar-refractivity contribution in [3.63, 3.8) is 0 Å². The Balaban J connectivity index is 1.33. The van der Waals surface area contributed by atoms with E-state index in [1.165, 1.54) is 22.3 Å². The van der Waals surface area contributed by atoms with Gasteiger partial charge in [-0.2, -0.15) is 0 Å². The number of aromatic nitrogens is 2. The largest absolute Gasteiger partial charge is 0.323 e. The van der Waals surface area contributed by atoms with Gasteiger partial charge in [0.05, 0.1) is 6.20 Å². The molecule has 5 rings (SSSR count). The molecule has 1 N–H and O–H groups in total. The standard InChI is InChI=1S/C23H20N4O/c28-23(25-22-15-24-21-8-4-5-12-27(21)22)26-13-11-19-14-18(9-10-20(19)16-26)17-6-2-1-3-7-17/h1-10,12,14-15H,11,13,16H2,(H,25,28). The number of rotatable bonds is 2. The van der Waals surface area contributed by atoms with Crippen LogP contribution >= 0.6 is 0 Å². The summed E-state index contributed by atoms with van der Waals surface area (Å²) in [5.74, 6) is 0.686. The predicted octanol–water partition coefficient (Wildman–Crippen LogP) is 4.59. The Morgan fingerprint density at radius 2 is 1.79 bits per heavy atom. The van der Waals surface area contributed by atoms with Gasteiger partial charge in [0.15, 0.2) is 0 Å². The van der Waals surface area contributed by atoms with E-state index in [4.69, 9.17) is 0 Å². The van der Waals surface area contributed by atoms with Crippen molar-refractivity contribution in [2.75, 3.05) is 11.9 Å². The summed E-state index contributed by atoms with van der Waals surface area (Å²) in [5, 5.41) is 2.99. The number of carbonyl (C=O) groups is 1. The number of hydrogen-bond donors (Lipinski definition) is 1. The van der Waals surface area contributed by atoms with Gasteiger partial charge in [-0.05, 0) is 40.8 Å². The van der Waals surface area contributed by atoms with Crippen molar-refractivity contribution >= 4 is 17.5 Å². The second-order valence-electron chi connectivity index (χ2n) is 7.02. The molecule has 0 fully saturated rings. The van der Waals surface area contributed by atoms with Crippen LogP contribution in [0.5, 0.6) is 0 Å². The second-order valence-corrected chi connectivity index (χ2v) is 7.02. The van der Waals surface area contributed by atoms with Crippen LogP contribution in [0.1, 0.15) is 11.1 Å². The maximum Gasteiger partial charge on any atom is 0.323 e. The average Bonchev–Trinajstić information content (AvgIpc) is 3.16. The van der Waals surface area contributed by atoms with Gasteiger partial charge >= 0.3 is 6.03 Å². The Bertz CT molecular complexity index is 1150. The van der Waals surface area contributed by atoms with Crippen LogP contribution in [0, 0.1) is 0 Å². The van der Waals surface area contributed by atoms with Gasteiger partial charge in [0, 0.05) is 19.3 Å². The number of imidazole rings is 1. The van der Waals surface area contributed by atoms with Crippen LogP contribution in [0.2, 0.25) is 0 Å². The third-order valence-corrected chi connectivity index (χ3v) is 5.26. The highest BCUT2D eigenvalue weighted by Crippen LogP contribution is 2.26. The molecule has 0 spiro atoms. The number of nitrogens with zero attached hydrogens (tertiary/aromatic N) is 3. The molecule has 0 atom stereocenters. The molecule has 5 nitrogen and oxygen atoms in total. The molecule has 3 heterocycles. The maximum absolute atomic E-state index is 12.8. The average molecular weight is 368 g/mol. The van der Waals surface area contributed by atoms with Gasteiger partial charge in [0.25, 0.3) is 0 Å². The number of pyridine rings is 1. The molecule has 1 aliphatic heterocycles. The molecule has 0 bridgehead atoms. The molecule has 5 heteroatoms. The minimum atomic E-state index is -0.0940. The molecule has 0 aliphatic carbocycles. The number of fused-ring (bicyclic) bond motifs is 2. The summed E-state index contributed by atoms with van der Waals surface area (Å²) < 4.78 is 1.88. The van der Waals surface area contributed by atoms with E-state index < -0.39 is 0 Å². The molecular formula is C23H20N4O. The molecule has 4 aromatic rings. The number of nitrogens with one attached hydrogen (secondary N) is 1. The van der Waals surface area contributed by atoms with Crippen LogP contribution < -0.4 is 5.32 Å². The van der Waals surface area contributed by atoms with Gasteiger partial charge < -0.3 is 4.90 Å². The van der Waals surface area contributed by atoms with Crippen LogP contribution in [0.3, 0.4) is 0 Å². The Labute approximate surface area is 163 Å². The van der Waals surface area contributed by atoms with Crippen molar-refractivity contribution < 1.29 is 4.79 Å². The molecule has 2 aromatic heterocycles. The summed E-state index contributed by atoms with van der Waals surface area (Å²) in [7, 11) is 0. The first-order valence-corrected chi connectivity index (χ1v) is 9.43. The third kappa shape index (κ3) is 3.01. The number of urea groups is 1. The molecule has 28 heavy (non-hydrogen) atoms. The normalized spacial score (nSPS) is 13.4. The van der Waals surface area contributed by atoms with E-state index in [2.05, 4.69) is 52.8 Å². The molecule has 0 saturated heterocycles. The minimum Gasteiger partial charge on any atom is -0.320 e. The van der Waals surface area contributed by atoms with Gasteiger partial charge in [0.1, 0.15) is 11.5 Å². The van der Waals surface area contributed by atoms with Crippen molar-refractivity contribution in [1.29, 1.82) is 0 Å². The van der Waals surface area contributed by atoms with Gasteiger partial charge in [-0.15, -0.1) is 0 Å². The van der Waals surface area contributed by atoms with Crippen molar-refractivity contribution in [3.05, 3.63) is 90.3 Å². The summed E-state index contributed by atoms with van der Waals surface area (Å²) in [4.78, 5) is 19.0. The fraction of sp³-hybridized carbons (Fsp3) is 0.130. The zero-order chi connectivity index (χ0) is 18.9. The van der Waals surface area contributed by atoms with Crippen LogP contribution in [-0.2, 0) is 13.0 Å². The van der Waals surface area contributed by atoms with Gasteiger partial charge in [-0.1, -0.05) is 54.6 Å². The molecule has 2 aromatic carbocycles. The number of carbonyl (C=O) groups excluding carboxylic acids is 1. The quantitative estimate of drug-likeness (QED) is 0.562. The lowest BCUT2D eigenvalue weighted by Gasteiger charge is -2.29. The maximum atomic E-state index is 12.8. The van der Waals surface area contributed by atoms with E-state index in [-0.39, 0.29) is 6.03 Å². The van der Waals surface area contributed by atoms with E-state index in [0.717, 1.165) is 12.1 Å². The third-order valence-electron chi connectivity index (χ3n) is 5.26. The van der Waals surface area contributed by atoms with E-state index in [1.54, 1.807) is 6.20 Å². The monoisotopic (exact) mass is 368 g/mol. The Morgan fingerprint density at radius 1 is 0.929 bits per heavy atom. The highest BCUT2D eigenvalue weighted by Gasteiger charge is 2.22. The predicted molar refractivity (Wildman–Crippen MR) is 110 cm³/mol. The molecule has 0 radical (unpaired) electrons. The minimum absolute atomic E-state index is 0.0940. The lowest BCUT2D eigenvalue weighted by molar-refractivity contribution is 0.206. The van der Waals surface area contributed by atoms with Gasteiger partial charge in [-0.25, -0.2) is 9.78 Å². The van der Waals surface area contributed by atoms with Crippen LogP contribution in [0.15, 0.2) is 79.1 Å². The topological polar surface area (TPSA) is 49.6 Å². The Kier molecular flexibility index (Phi) is 4.05. The first-order chi connectivity index (χ1) is 13.8. The van der Waals surface area contributed by atoms with Crippen LogP contribution in [0.25, 0.3) is 16.8 Å². The lowest BCUT2D eigenvalue weighted by Crippen LogP contribution is -2.39. The first kappa shape index (κ1) is 16.6. The van der Waals surface area contributed by atoms with Crippen molar-refractivity contribution in [2.45, 2.75) is 13.0 Å². The number of hydrogen-bond acceptors (Lipinski definition) is 2. The smallest absolute Gasteiger partial charge is 0.320 e. The van der Waals surface area contributed by atoms with Crippen molar-refractivity contribution in [3.8, 4) is 11.1 Å². The van der Waals surface area contributed by atoms with E-state index in [0.29, 0.717) is 18.9 Å². The number of amides is 2. The van der Waals surface area contributed by atoms with E-state index >= 15 is 0 Å². The molecule has 138 valence electrons. The lowest BCUT2D eigenvalue weighted by atomic mass is 9.95. The summed E-state index contributed by atoms with van der Waals surface area (Å²) >= 11 is 0. The van der Waals surface area contributed by atoms with Gasteiger partial charge in [0.2, 0.25) is 0 Å². The highest BCUT2D eigenvalue weighted by atomic mass is 16.2. The SMILES string of the molecule is O=C(Nc1cnc2ccccn12)N1CCc2cc(-c3ccccc3)ccc2C1. The van der Waals surface area contributed by atoms with Gasteiger partial charge in [-0.3, -0.25) is 9.72 Å². The highest BCUT2D eigenvalue weighted by molar-refractivity contribution is 5.89. The zero-order valence-electron chi connectivity index (χ0n) is 15.4. The summed E-state index contributed by atoms with van der Waals surface area (Å²) in [6, 6.07) is 22.6. The van der Waals surface area contributed by atoms with Crippen LogP contribution in [0.4, 0.5) is 10.6 Å². The zero-order valence-corrected chi connectivity index (χ0v) is 15.4. The Morgan fingerprint density at radius 3 is 2.68 bits per heavy atom. The fourth-order valence-electron chi connectivity index (χ4n) is 3.75. The number of anilines is 1. The fourth-order valence-corrected chi connectivity index (χ4v) is 3.75. The first-order valence-electron chi connectivity index (χ1n) is 9.43. The summed E-state index contributed by atoms with van der Waals surface area (Å²) in [6.07, 6.45) is 4.45. The summed E-state index contributed by atoms with van der Waals surface area (Å²) in [5.41, 5.74) is 5.79. The van der Waals surface area contributed by atoms with Crippen molar-refractivity contribution in [2.24, 2.45) is 0 Å². The molecule has 1 aliphatic rings. The second kappa shape index (κ2) is 6.85.